The number of hydrogen-bond acceptors (Lipinski definition) is 5. The third kappa shape index (κ3) is 3.50. The molecule has 7 nitrogen and oxygen atoms in total. The highest BCUT2D eigenvalue weighted by molar-refractivity contribution is 7.89. The van der Waals surface area contributed by atoms with Crippen LogP contribution in [0.5, 0.6) is 0 Å². The maximum absolute atomic E-state index is 13.9. The Kier molecular flexibility index (Phi) is 5.12. The Morgan fingerprint density at radius 2 is 1.73 bits per heavy atom. The fraction of sp³-hybridized carbons (Fsp3) is 0.250. The molecule has 0 aliphatic carbocycles. The Labute approximate surface area is 154 Å². The summed E-state index contributed by atoms with van der Waals surface area (Å²) in [5.41, 5.74) is -0.0376. The van der Waals surface area contributed by atoms with E-state index >= 15 is 0 Å². The largest absolute Gasteiger partial charge is 0.367 e. The summed E-state index contributed by atoms with van der Waals surface area (Å²) in [4.78, 5) is 11.8. The van der Waals surface area contributed by atoms with Crippen LogP contribution in [0, 0.1) is 15.9 Å². The molecule has 2 aromatic carbocycles. The van der Waals surface area contributed by atoms with E-state index in [4.69, 9.17) is 11.6 Å². The molecule has 0 amide bonds. The molecule has 0 saturated carbocycles. The van der Waals surface area contributed by atoms with Gasteiger partial charge in [-0.2, -0.15) is 4.31 Å². The minimum atomic E-state index is -3.90. The first-order valence-electron chi connectivity index (χ1n) is 7.74. The van der Waals surface area contributed by atoms with Gasteiger partial charge in [-0.1, -0.05) is 23.7 Å². The van der Waals surface area contributed by atoms with Crippen molar-refractivity contribution in [2.45, 2.75) is 4.90 Å². The Hall–Kier alpha value is -2.23. The fourth-order valence-corrected chi connectivity index (χ4v) is 4.45. The van der Waals surface area contributed by atoms with E-state index in [1.165, 1.54) is 22.5 Å². The van der Waals surface area contributed by atoms with E-state index < -0.39 is 20.6 Å². The molecule has 3 rings (SSSR count). The lowest BCUT2D eigenvalue weighted by atomic mass is 10.2. The summed E-state index contributed by atoms with van der Waals surface area (Å²) in [6.45, 7) is 0.922. The first-order chi connectivity index (χ1) is 12.3. The zero-order valence-corrected chi connectivity index (χ0v) is 15.1. The number of benzene rings is 2. The van der Waals surface area contributed by atoms with Gasteiger partial charge in [-0.25, -0.2) is 12.8 Å². The first-order valence-corrected chi connectivity index (χ1v) is 9.56. The third-order valence-corrected chi connectivity index (χ3v) is 6.40. The number of piperazine rings is 1. The van der Waals surface area contributed by atoms with Crippen molar-refractivity contribution in [2.24, 2.45) is 0 Å². The molecule has 0 unspecified atom stereocenters. The van der Waals surface area contributed by atoms with E-state index in [0.29, 0.717) is 18.8 Å². The predicted molar refractivity (Wildman–Crippen MR) is 95.5 cm³/mol. The number of halogens is 2. The number of sulfonamides is 1. The molecule has 0 bridgehead atoms. The molecule has 1 fully saturated rings. The molecule has 0 spiro atoms. The molecule has 1 heterocycles. The zero-order chi connectivity index (χ0) is 18.9. The van der Waals surface area contributed by atoms with Crippen LogP contribution in [0.4, 0.5) is 15.8 Å². The van der Waals surface area contributed by atoms with Crippen molar-refractivity contribution in [1.29, 1.82) is 0 Å². The predicted octanol–water partition coefficient (Wildman–Crippen LogP) is 2.90. The van der Waals surface area contributed by atoms with Gasteiger partial charge in [-0.05, 0) is 24.3 Å². The number of hydrogen-bond donors (Lipinski definition) is 0. The smallest absolute Gasteiger partial charge is 0.289 e. The van der Waals surface area contributed by atoms with E-state index in [9.17, 15) is 22.9 Å². The zero-order valence-electron chi connectivity index (χ0n) is 13.5. The number of nitro groups is 1. The van der Waals surface area contributed by atoms with Crippen LogP contribution >= 0.6 is 11.6 Å². The van der Waals surface area contributed by atoms with Crippen LogP contribution in [0.15, 0.2) is 47.4 Å². The van der Waals surface area contributed by atoms with Crippen molar-refractivity contribution >= 4 is 33.0 Å². The topological polar surface area (TPSA) is 83.8 Å². The van der Waals surface area contributed by atoms with Gasteiger partial charge in [0.05, 0.1) is 15.5 Å². The summed E-state index contributed by atoms with van der Waals surface area (Å²) < 4.78 is 40.6. The fourth-order valence-electron chi connectivity index (χ4n) is 2.82. The lowest BCUT2D eigenvalue weighted by Crippen LogP contribution is -2.48. The molecule has 1 aliphatic rings. The van der Waals surface area contributed by atoms with Crippen molar-refractivity contribution in [2.75, 3.05) is 31.1 Å². The van der Waals surface area contributed by atoms with E-state index in [1.807, 2.05) is 0 Å². The first kappa shape index (κ1) is 18.6. The van der Waals surface area contributed by atoms with E-state index in [-0.39, 0.29) is 28.8 Å². The Morgan fingerprint density at radius 1 is 1.08 bits per heavy atom. The molecule has 0 radical (unpaired) electrons. The van der Waals surface area contributed by atoms with Crippen molar-refractivity contribution in [1.82, 2.24) is 4.31 Å². The van der Waals surface area contributed by atoms with Crippen LogP contribution in [0.1, 0.15) is 0 Å². The summed E-state index contributed by atoms with van der Waals surface area (Å²) in [6.07, 6.45) is 0. The lowest BCUT2D eigenvalue weighted by Gasteiger charge is -2.35. The average molecular weight is 400 g/mol. The van der Waals surface area contributed by atoms with Crippen LogP contribution in [-0.2, 0) is 10.0 Å². The molecule has 1 aliphatic heterocycles. The second-order valence-corrected chi connectivity index (χ2v) is 8.06. The Balaban J connectivity index is 1.79. The summed E-state index contributed by atoms with van der Waals surface area (Å²) >= 11 is 5.74. The molecular weight excluding hydrogens is 385 g/mol. The van der Waals surface area contributed by atoms with Gasteiger partial charge in [0.25, 0.3) is 5.69 Å². The maximum atomic E-state index is 13.9. The number of anilines is 1. The van der Waals surface area contributed by atoms with Crippen molar-refractivity contribution in [3.05, 3.63) is 63.4 Å². The normalized spacial score (nSPS) is 15.8. The van der Waals surface area contributed by atoms with Gasteiger partial charge < -0.3 is 4.90 Å². The minimum absolute atomic E-state index is 0.127. The molecule has 2 aromatic rings. The average Bonchev–Trinajstić information content (AvgIpc) is 2.62. The molecule has 0 N–H and O–H groups in total. The molecule has 138 valence electrons. The van der Waals surface area contributed by atoms with E-state index in [0.717, 1.165) is 6.07 Å². The second kappa shape index (κ2) is 7.18. The number of para-hydroxylation sites is 1. The van der Waals surface area contributed by atoms with Crippen molar-refractivity contribution < 1.29 is 17.7 Å². The minimum Gasteiger partial charge on any atom is -0.367 e. The van der Waals surface area contributed by atoms with Crippen LogP contribution < -0.4 is 4.90 Å². The second-order valence-electron chi connectivity index (χ2n) is 5.71. The highest BCUT2D eigenvalue weighted by Crippen LogP contribution is 2.29. The molecule has 0 atom stereocenters. The quantitative estimate of drug-likeness (QED) is 0.583. The maximum Gasteiger partial charge on any atom is 0.289 e. The van der Waals surface area contributed by atoms with Crippen molar-refractivity contribution in [3.8, 4) is 0 Å². The van der Waals surface area contributed by atoms with Gasteiger partial charge >= 0.3 is 0 Å². The monoisotopic (exact) mass is 399 g/mol. The summed E-state index contributed by atoms with van der Waals surface area (Å²) in [5.74, 6) is -0.364. The SMILES string of the molecule is O=[N+]([O-])c1cc(S(=O)(=O)N2CCN(c3ccccc3F)CC2)ccc1Cl. The van der Waals surface area contributed by atoms with Crippen LogP contribution in [0.3, 0.4) is 0 Å². The van der Waals surface area contributed by atoms with Crippen molar-refractivity contribution in [3.63, 3.8) is 0 Å². The standard InChI is InChI=1S/C16H15ClFN3O4S/c17-13-6-5-12(11-16(13)21(22)23)26(24,25)20-9-7-19(8-10-20)15-4-2-1-3-14(15)18/h1-6,11H,7-10H2. The van der Waals surface area contributed by atoms with Gasteiger partial charge in [0, 0.05) is 32.2 Å². The van der Waals surface area contributed by atoms with Crippen LogP contribution in [0.2, 0.25) is 5.02 Å². The molecule has 26 heavy (non-hydrogen) atoms. The summed E-state index contributed by atoms with van der Waals surface area (Å²) in [7, 11) is -3.90. The van der Waals surface area contributed by atoms with Gasteiger partial charge in [-0.3, -0.25) is 10.1 Å². The number of rotatable bonds is 4. The molecular formula is C16H15ClFN3O4S. The van der Waals surface area contributed by atoms with Gasteiger partial charge in [0.1, 0.15) is 10.8 Å². The highest BCUT2D eigenvalue weighted by atomic mass is 35.5. The third-order valence-electron chi connectivity index (χ3n) is 4.18. The molecule has 10 heteroatoms. The van der Waals surface area contributed by atoms with E-state index in [2.05, 4.69) is 0 Å². The Bertz CT molecular complexity index is 946. The Morgan fingerprint density at radius 3 is 2.35 bits per heavy atom. The number of nitro benzene ring substituents is 1. The van der Waals surface area contributed by atoms with Gasteiger partial charge in [-0.15, -0.1) is 0 Å². The summed E-state index contributed by atoms with van der Waals surface area (Å²) in [6, 6.07) is 9.70. The highest BCUT2D eigenvalue weighted by Gasteiger charge is 2.30. The number of nitrogens with zero attached hydrogens (tertiary/aromatic N) is 3. The van der Waals surface area contributed by atoms with Gasteiger partial charge in [0.15, 0.2) is 0 Å². The van der Waals surface area contributed by atoms with Gasteiger partial charge in [0.2, 0.25) is 10.0 Å². The molecule has 1 saturated heterocycles. The van der Waals surface area contributed by atoms with E-state index in [1.54, 1.807) is 23.1 Å². The lowest BCUT2D eigenvalue weighted by molar-refractivity contribution is -0.384. The van der Waals surface area contributed by atoms with Crippen LogP contribution in [0.25, 0.3) is 0 Å². The van der Waals surface area contributed by atoms with Crippen LogP contribution in [-0.4, -0.2) is 43.8 Å². The molecule has 0 aromatic heterocycles. The summed E-state index contributed by atoms with van der Waals surface area (Å²) in [5, 5.41) is 10.9.